The number of nitrogens with two attached hydrogens (primary N) is 1. The maximum Gasteiger partial charge on any atom is 0.0511 e. The summed E-state index contributed by atoms with van der Waals surface area (Å²) in [6.45, 7) is 4.22. The highest BCUT2D eigenvalue weighted by Crippen LogP contribution is 2.29. The van der Waals surface area contributed by atoms with E-state index in [-0.39, 0.29) is 6.04 Å². The highest BCUT2D eigenvalue weighted by atomic mass is 79.9. The van der Waals surface area contributed by atoms with Gasteiger partial charge in [-0.05, 0) is 49.6 Å². The molecule has 106 valence electrons. The molecular weight excluding hydrogens is 336 g/mol. The largest absolute Gasteiger partial charge is 0.271 e. The predicted octanol–water partition coefficient (Wildman–Crippen LogP) is 4.47. The van der Waals surface area contributed by atoms with Crippen LogP contribution in [0.4, 0.5) is 0 Å². The molecule has 2 aromatic carbocycles. The topological polar surface area (TPSA) is 38.0 Å². The first-order valence-electron chi connectivity index (χ1n) is 6.48. The summed E-state index contributed by atoms with van der Waals surface area (Å²) in [4.78, 5) is 0. The fraction of sp³-hybridized carbons (Fsp3) is 0.250. The molecule has 0 heterocycles. The van der Waals surface area contributed by atoms with Crippen LogP contribution in [0.3, 0.4) is 0 Å². The molecule has 0 aliphatic rings. The van der Waals surface area contributed by atoms with Gasteiger partial charge in [-0.1, -0.05) is 56.9 Å². The lowest BCUT2D eigenvalue weighted by atomic mass is 9.97. The van der Waals surface area contributed by atoms with E-state index < -0.39 is 0 Å². The van der Waals surface area contributed by atoms with E-state index in [1.54, 1.807) is 0 Å². The minimum atomic E-state index is 0.0178. The molecule has 0 saturated heterocycles. The smallest absolute Gasteiger partial charge is 0.0511 e. The molecule has 0 amide bonds. The third-order valence-electron chi connectivity index (χ3n) is 3.26. The van der Waals surface area contributed by atoms with E-state index in [4.69, 9.17) is 17.4 Å². The Hall–Kier alpha value is -0.870. The van der Waals surface area contributed by atoms with Crippen LogP contribution < -0.4 is 11.3 Å². The summed E-state index contributed by atoms with van der Waals surface area (Å²) < 4.78 is 1.01. The van der Waals surface area contributed by atoms with Gasteiger partial charge in [0.1, 0.15) is 0 Å². The summed E-state index contributed by atoms with van der Waals surface area (Å²) in [6, 6.07) is 12.3. The van der Waals surface area contributed by atoms with Gasteiger partial charge in [-0.3, -0.25) is 11.3 Å². The van der Waals surface area contributed by atoms with Crippen molar-refractivity contribution in [3.05, 3.63) is 68.1 Å². The summed E-state index contributed by atoms with van der Waals surface area (Å²) >= 11 is 9.64. The molecule has 3 N–H and O–H groups in total. The van der Waals surface area contributed by atoms with Crippen LogP contribution in [0.2, 0.25) is 5.02 Å². The molecule has 0 fully saturated rings. The minimum Gasteiger partial charge on any atom is -0.271 e. The van der Waals surface area contributed by atoms with Gasteiger partial charge in [0, 0.05) is 9.50 Å². The van der Waals surface area contributed by atoms with E-state index >= 15 is 0 Å². The van der Waals surface area contributed by atoms with Gasteiger partial charge in [-0.15, -0.1) is 0 Å². The molecule has 2 rings (SSSR count). The number of hydrogen-bond donors (Lipinski definition) is 2. The number of aryl methyl sites for hydroxylation is 2. The third kappa shape index (κ3) is 3.83. The van der Waals surface area contributed by atoms with Crippen molar-refractivity contribution < 1.29 is 0 Å². The number of halogens is 2. The third-order valence-corrected chi connectivity index (χ3v) is 4.21. The monoisotopic (exact) mass is 352 g/mol. The summed E-state index contributed by atoms with van der Waals surface area (Å²) in [5, 5.41) is 0.712. The maximum atomic E-state index is 6.08. The predicted molar refractivity (Wildman–Crippen MR) is 88.8 cm³/mol. The molecular formula is C16H18BrClN2. The Morgan fingerprint density at radius 1 is 1.15 bits per heavy atom. The first-order valence-corrected chi connectivity index (χ1v) is 7.65. The molecule has 1 atom stereocenters. The Morgan fingerprint density at radius 3 is 2.40 bits per heavy atom. The number of nitrogens with one attached hydrogen (secondary N) is 1. The molecule has 4 heteroatoms. The fourth-order valence-electron chi connectivity index (χ4n) is 2.46. The molecule has 2 aromatic rings. The van der Waals surface area contributed by atoms with E-state index in [1.165, 1.54) is 16.7 Å². The van der Waals surface area contributed by atoms with Gasteiger partial charge in [0.05, 0.1) is 6.04 Å². The van der Waals surface area contributed by atoms with Gasteiger partial charge in [-0.2, -0.15) is 0 Å². The zero-order chi connectivity index (χ0) is 14.7. The number of benzene rings is 2. The molecule has 0 aromatic heterocycles. The van der Waals surface area contributed by atoms with Crippen LogP contribution in [0.5, 0.6) is 0 Å². The summed E-state index contributed by atoms with van der Waals surface area (Å²) in [6.07, 6.45) is 0.817. The summed E-state index contributed by atoms with van der Waals surface area (Å²) in [7, 11) is 0. The number of rotatable bonds is 4. The average molecular weight is 354 g/mol. The lowest BCUT2D eigenvalue weighted by molar-refractivity contribution is 0.550. The Morgan fingerprint density at radius 2 is 1.80 bits per heavy atom. The molecule has 0 bridgehead atoms. The van der Waals surface area contributed by atoms with Crippen LogP contribution in [0.25, 0.3) is 0 Å². The normalized spacial score (nSPS) is 12.4. The van der Waals surface area contributed by atoms with Crippen LogP contribution in [0.1, 0.15) is 28.3 Å². The van der Waals surface area contributed by atoms with Crippen molar-refractivity contribution in [1.82, 2.24) is 5.43 Å². The van der Waals surface area contributed by atoms with Crippen molar-refractivity contribution in [3.8, 4) is 0 Å². The highest BCUT2D eigenvalue weighted by molar-refractivity contribution is 9.10. The molecule has 1 unspecified atom stereocenters. The van der Waals surface area contributed by atoms with Crippen molar-refractivity contribution >= 4 is 27.5 Å². The zero-order valence-electron chi connectivity index (χ0n) is 11.6. The van der Waals surface area contributed by atoms with Crippen LogP contribution in [-0.2, 0) is 6.42 Å². The van der Waals surface area contributed by atoms with E-state index in [0.29, 0.717) is 5.02 Å². The summed E-state index contributed by atoms with van der Waals surface area (Å²) in [5.74, 6) is 5.73. The lowest BCUT2D eigenvalue weighted by Crippen LogP contribution is -2.29. The lowest BCUT2D eigenvalue weighted by Gasteiger charge is -2.19. The average Bonchev–Trinajstić information content (AvgIpc) is 2.38. The van der Waals surface area contributed by atoms with Gasteiger partial charge in [-0.25, -0.2) is 0 Å². The molecule has 0 radical (unpaired) electrons. The molecule has 2 nitrogen and oxygen atoms in total. The molecule has 0 aliphatic heterocycles. The zero-order valence-corrected chi connectivity index (χ0v) is 13.9. The van der Waals surface area contributed by atoms with Crippen molar-refractivity contribution in [3.63, 3.8) is 0 Å². The van der Waals surface area contributed by atoms with Crippen molar-refractivity contribution in [1.29, 1.82) is 0 Å². The first-order chi connectivity index (χ1) is 9.49. The van der Waals surface area contributed by atoms with Gasteiger partial charge in [0.15, 0.2) is 0 Å². The van der Waals surface area contributed by atoms with Crippen LogP contribution >= 0.6 is 27.5 Å². The fourth-order valence-corrected chi connectivity index (χ4v) is 3.17. The Balaban J connectivity index is 2.31. The van der Waals surface area contributed by atoms with Gasteiger partial charge in [0.25, 0.3) is 0 Å². The number of hydrogen-bond acceptors (Lipinski definition) is 2. The Labute approximate surface area is 133 Å². The van der Waals surface area contributed by atoms with E-state index in [0.717, 1.165) is 16.5 Å². The van der Waals surface area contributed by atoms with E-state index in [9.17, 15) is 0 Å². The summed E-state index contributed by atoms with van der Waals surface area (Å²) in [5.41, 5.74) is 7.74. The van der Waals surface area contributed by atoms with Crippen molar-refractivity contribution in [2.24, 2.45) is 5.84 Å². The van der Waals surface area contributed by atoms with E-state index in [1.807, 2.05) is 18.2 Å². The SMILES string of the molecule is Cc1cc(C)cc(CC(NN)c2cc(Cl)ccc2Br)c1. The minimum absolute atomic E-state index is 0.0178. The second kappa shape index (κ2) is 6.72. The maximum absolute atomic E-state index is 6.08. The Kier molecular flexibility index (Phi) is 5.22. The Bertz CT molecular complexity index is 593. The standard InChI is InChI=1S/C16H18BrClN2/c1-10-5-11(2)7-12(6-10)8-16(20-19)14-9-13(18)3-4-15(14)17/h3-7,9,16,20H,8,19H2,1-2H3. The molecule has 0 aliphatic carbocycles. The van der Waals surface area contributed by atoms with Gasteiger partial charge < -0.3 is 0 Å². The van der Waals surface area contributed by atoms with Crippen LogP contribution in [-0.4, -0.2) is 0 Å². The second-order valence-corrected chi connectivity index (χ2v) is 6.38. The first kappa shape index (κ1) is 15.5. The van der Waals surface area contributed by atoms with Crippen molar-refractivity contribution in [2.75, 3.05) is 0 Å². The quantitative estimate of drug-likeness (QED) is 0.629. The highest BCUT2D eigenvalue weighted by Gasteiger charge is 2.14. The molecule has 0 spiro atoms. The van der Waals surface area contributed by atoms with E-state index in [2.05, 4.69) is 53.4 Å². The van der Waals surface area contributed by atoms with Crippen molar-refractivity contribution in [2.45, 2.75) is 26.3 Å². The second-order valence-electron chi connectivity index (χ2n) is 5.09. The molecule has 20 heavy (non-hydrogen) atoms. The molecule has 0 saturated carbocycles. The number of hydrazine groups is 1. The van der Waals surface area contributed by atoms with Crippen LogP contribution in [0, 0.1) is 13.8 Å². The van der Waals surface area contributed by atoms with Crippen LogP contribution in [0.15, 0.2) is 40.9 Å². The van der Waals surface area contributed by atoms with Gasteiger partial charge in [0.2, 0.25) is 0 Å². The van der Waals surface area contributed by atoms with Gasteiger partial charge >= 0.3 is 0 Å².